The van der Waals surface area contributed by atoms with Gasteiger partial charge in [0.15, 0.2) is 0 Å². The van der Waals surface area contributed by atoms with E-state index in [1.165, 1.54) is 23.5 Å². The normalized spacial score (nSPS) is 17.6. The van der Waals surface area contributed by atoms with Crippen LogP contribution in [0.15, 0.2) is 59.5 Å². The largest absolute Gasteiger partial charge is 0.507 e. The number of anilines is 1. The molecule has 1 fully saturated rings. The van der Waals surface area contributed by atoms with E-state index in [1.54, 1.807) is 36.6 Å². The predicted molar refractivity (Wildman–Crippen MR) is 137 cm³/mol. The number of rotatable bonds is 6. The fourth-order valence-electron chi connectivity index (χ4n) is 4.43. The van der Waals surface area contributed by atoms with Gasteiger partial charge < -0.3 is 9.84 Å². The van der Waals surface area contributed by atoms with Crippen LogP contribution >= 0.6 is 11.3 Å². The molecule has 1 unspecified atom stereocenters. The van der Waals surface area contributed by atoms with E-state index in [-0.39, 0.29) is 17.2 Å². The Morgan fingerprint density at radius 2 is 1.86 bits per heavy atom. The van der Waals surface area contributed by atoms with Gasteiger partial charge in [0, 0.05) is 16.1 Å². The molecule has 0 bridgehead atoms. The van der Waals surface area contributed by atoms with Crippen molar-refractivity contribution in [3.63, 3.8) is 0 Å². The second-order valence-electron chi connectivity index (χ2n) is 9.03. The molecule has 1 aromatic heterocycles. The number of hydrogen-bond acceptors (Lipinski definition) is 5. The van der Waals surface area contributed by atoms with Crippen LogP contribution < -0.4 is 9.64 Å². The molecule has 194 valence electrons. The van der Waals surface area contributed by atoms with E-state index in [0.717, 1.165) is 28.2 Å². The number of aryl methyl sites for hydroxylation is 1. The van der Waals surface area contributed by atoms with Crippen molar-refractivity contribution in [2.75, 3.05) is 11.5 Å². The second-order valence-corrected chi connectivity index (χ2v) is 9.97. The number of ketones is 1. The summed E-state index contributed by atoms with van der Waals surface area (Å²) in [7, 11) is 0. The minimum atomic E-state index is -4.63. The van der Waals surface area contributed by atoms with Crippen LogP contribution in [0.1, 0.15) is 59.9 Å². The Morgan fingerprint density at radius 3 is 2.46 bits per heavy atom. The Morgan fingerprint density at radius 1 is 1.14 bits per heavy atom. The number of aliphatic hydroxyl groups is 1. The number of aliphatic hydroxyl groups excluding tert-OH is 1. The highest BCUT2D eigenvalue weighted by Gasteiger charge is 2.48. The Balaban J connectivity index is 1.93. The van der Waals surface area contributed by atoms with Crippen molar-refractivity contribution in [2.45, 2.75) is 45.8 Å². The van der Waals surface area contributed by atoms with E-state index in [2.05, 4.69) is 0 Å². The van der Waals surface area contributed by atoms with Gasteiger partial charge in [0.05, 0.1) is 17.7 Å². The average Bonchev–Trinajstić information content (AvgIpc) is 3.38. The first kappa shape index (κ1) is 26.5. The van der Waals surface area contributed by atoms with Crippen molar-refractivity contribution < 1.29 is 32.6 Å². The van der Waals surface area contributed by atoms with Gasteiger partial charge in [-0.2, -0.15) is 13.2 Å². The number of thiophene rings is 1. The molecule has 37 heavy (non-hydrogen) atoms. The smallest absolute Gasteiger partial charge is 0.416 e. The third-order valence-electron chi connectivity index (χ3n) is 6.25. The molecule has 9 heteroatoms. The lowest BCUT2D eigenvalue weighted by Gasteiger charge is -2.25. The topological polar surface area (TPSA) is 66.8 Å². The van der Waals surface area contributed by atoms with E-state index in [1.807, 2.05) is 20.8 Å². The van der Waals surface area contributed by atoms with Gasteiger partial charge in [-0.1, -0.05) is 19.9 Å². The molecule has 1 amide bonds. The van der Waals surface area contributed by atoms with E-state index >= 15 is 0 Å². The van der Waals surface area contributed by atoms with Gasteiger partial charge in [-0.15, -0.1) is 11.3 Å². The number of carbonyl (C=O) groups is 2. The highest BCUT2D eigenvalue weighted by Crippen LogP contribution is 2.46. The summed E-state index contributed by atoms with van der Waals surface area (Å²) >= 11 is 1.26. The quantitative estimate of drug-likeness (QED) is 0.208. The first-order chi connectivity index (χ1) is 17.5. The molecule has 4 rings (SSSR count). The zero-order chi connectivity index (χ0) is 27.1. The third-order valence-corrected chi connectivity index (χ3v) is 7.32. The first-order valence-corrected chi connectivity index (χ1v) is 12.6. The number of nitrogens with zero attached hydrogens (tertiary/aromatic N) is 1. The molecule has 0 aliphatic carbocycles. The lowest BCUT2D eigenvalue weighted by Crippen LogP contribution is -2.29. The van der Waals surface area contributed by atoms with Gasteiger partial charge in [-0.3, -0.25) is 14.5 Å². The third kappa shape index (κ3) is 4.87. The van der Waals surface area contributed by atoms with Crippen LogP contribution in [0.25, 0.3) is 5.76 Å². The molecule has 1 N–H and O–H groups in total. The lowest BCUT2D eigenvalue weighted by molar-refractivity contribution is -0.137. The zero-order valence-electron chi connectivity index (χ0n) is 20.7. The highest BCUT2D eigenvalue weighted by atomic mass is 32.1. The predicted octanol–water partition coefficient (Wildman–Crippen LogP) is 7.22. The number of Topliss-reactive ketones (excluding diaryl/α,β-unsaturated/α-hetero) is 1. The molecule has 1 saturated heterocycles. The van der Waals surface area contributed by atoms with Crippen molar-refractivity contribution in [1.29, 1.82) is 0 Å². The first-order valence-electron chi connectivity index (χ1n) is 11.7. The molecule has 1 aliphatic rings. The SMILES string of the molecule is CCOc1ccc(/C(O)=C2/C(=O)C(=O)N(c3cccc(C(F)(F)F)c3)C2c2sccc2C)cc1C(C)C. The van der Waals surface area contributed by atoms with Gasteiger partial charge in [-0.05, 0) is 78.7 Å². The van der Waals surface area contributed by atoms with Crippen LogP contribution in [0.5, 0.6) is 5.75 Å². The summed E-state index contributed by atoms with van der Waals surface area (Å²) in [6.45, 7) is 8.01. The molecule has 2 heterocycles. The zero-order valence-corrected chi connectivity index (χ0v) is 21.5. The van der Waals surface area contributed by atoms with E-state index in [0.29, 0.717) is 22.8 Å². The lowest BCUT2D eigenvalue weighted by atomic mass is 9.94. The molecule has 0 radical (unpaired) electrons. The van der Waals surface area contributed by atoms with Crippen LogP contribution in [-0.2, 0) is 15.8 Å². The summed E-state index contributed by atoms with van der Waals surface area (Å²) < 4.78 is 46.0. The van der Waals surface area contributed by atoms with Crippen LogP contribution in [-0.4, -0.2) is 23.4 Å². The summed E-state index contributed by atoms with van der Waals surface area (Å²) in [4.78, 5) is 28.2. The molecule has 5 nitrogen and oxygen atoms in total. The minimum absolute atomic E-state index is 0.0390. The van der Waals surface area contributed by atoms with Crippen LogP contribution in [0.3, 0.4) is 0 Å². The summed E-state index contributed by atoms with van der Waals surface area (Å²) in [5, 5.41) is 13.2. The van der Waals surface area contributed by atoms with Crippen molar-refractivity contribution in [2.24, 2.45) is 0 Å². The number of carbonyl (C=O) groups excluding carboxylic acids is 2. The van der Waals surface area contributed by atoms with Gasteiger partial charge in [0.25, 0.3) is 11.7 Å². The van der Waals surface area contributed by atoms with Crippen molar-refractivity contribution in [3.05, 3.63) is 86.6 Å². The minimum Gasteiger partial charge on any atom is -0.507 e. The number of benzene rings is 2. The fourth-order valence-corrected chi connectivity index (χ4v) is 5.46. The number of alkyl halides is 3. The summed E-state index contributed by atoms with van der Waals surface area (Å²) in [5.41, 5.74) is 0.668. The molecule has 1 aliphatic heterocycles. The van der Waals surface area contributed by atoms with Crippen molar-refractivity contribution in [1.82, 2.24) is 0 Å². The maximum atomic E-state index is 13.5. The second kappa shape index (κ2) is 10.0. The highest BCUT2D eigenvalue weighted by molar-refractivity contribution is 7.10. The van der Waals surface area contributed by atoms with Crippen molar-refractivity contribution >= 4 is 34.5 Å². The van der Waals surface area contributed by atoms with Crippen LogP contribution in [0, 0.1) is 6.92 Å². The van der Waals surface area contributed by atoms with Crippen LogP contribution in [0.4, 0.5) is 18.9 Å². The van der Waals surface area contributed by atoms with Crippen LogP contribution in [0.2, 0.25) is 0 Å². The van der Waals surface area contributed by atoms with Gasteiger partial charge in [0.2, 0.25) is 0 Å². The van der Waals surface area contributed by atoms with E-state index in [9.17, 15) is 27.9 Å². The average molecular weight is 530 g/mol. The Hall–Kier alpha value is -3.59. The molecule has 0 saturated carbocycles. The molecular formula is C28H26F3NO4S. The Bertz CT molecular complexity index is 1390. The standard InChI is InChI=1S/C28H26F3NO4S/c1-5-36-21-10-9-17(13-20(21)15(2)3)24(33)22-23(26-16(4)11-12-37-26)32(27(35)25(22)34)19-8-6-7-18(14-19)28(29,30)31/h6-15,23,33H,5H2,1-4H3/b24-22-. The monoisotopic (exact) mass is 529 g/mol. The van der Waals surface area contributed by atoms with E-state index in [4.69, 9.17) is 4.74 Å². The maximum absolute atomic E-state index is 13.5. The number of ether oxygens (including phenoxy) is 1. The van der Waals surface area contributed by atoms with Gasteiger partial charge >= 0.3 is 6.18 Å². The number of hydrogen-bond donors (Lipinski definition) is 1. The Labute approximate surface area is 216 Å². The van der Waals surface area contributed by atoms with E-state index < -0.39 is 35.2 Å². The molecule has 0 spiro atoms. The van der Waals surface area contributed by atoms with Gasteiger partial charge in [0.1, 0.15) is 17.6 Å². The molecule has 3 aromatic rings. The number of amides is 1. The molecule has 2 aromatic carbocycles. The summed E-state index contributed by atoms with van der Waals surface area (Å²) in [6, 6.07) is 10.00. The molecular weight excluding hydrogens is 503 g/mol. The summed E-state index contributed by atoms with van der Waals surface area (Å²) in [6.07, 6.45) is -4.63. The van der Waals surface area contributed by atoms with Crippen molar-refractivity contribution in [3.8, 4) is 5.75 Å². The van der Waals surface area contributed by atoms with Gasteiger partial charge in [-0.25, -0.2) is 0 Å². The fraction of sp³-hybridized carbons (Fsp3) is 0.286. The Kier molecular flexibility index (Phi) is 7.19. The molecule has 1 atom stereocenters. The summed E-state index contributed by atoms with van der Waals surface area (Å²) in [5.74, 6) is -1.68. The maximum Gasteiger partial charge on any atom is 0.416 e. The number of halogens is 3.